The molecule has 0 bridgehead atoms. The standard InChI is InChI=1S/C26H31NO5/c1-5-14-32-21-12-11-20(16-17(21)3)24(28)22-23(19-9-7-18(6-2)8-10-19)27(13-15-31-4)26(30)25(22)29/h7-12,16,23,28H,5-6,13-15H2,1-4H3/b24-22-. The van der Waals surface area contributed by atoms with Gasteiger partial charge in [-0.25, -0.2) is 0 Å². The molecule has 6 heteroatoms. The molecule has 1 saturated heterocycles. The molecular weight excluding hydrogens is 406 g/mol. The Morgan fingerprint density at radius 1 is 1.06 bits per heavy atom. The Balaban J connectivity index is 2.09. The van der Waals surface area contributed by atoms with Gasteiger partial charge in [-0.3, -0.25) is 9.59 Å². The Morgan fingerprint density at radius 2 is 1.78 bits per heavy atom. The predicted molar refractivity (Wildman–Crippen MR) is 124 cm³/mol. The van der Waals surface area contributed by atoms with E-state index in [2.05, 4.69) is 6.92 Å². The molecule has 1 aliphatic heterocycles. The van der Waals surface area contributed by atoms with Crippen LogP contribution in [0, 0.1) is 6.92 Å². The van der Waals surface area contributed by atoms with Gasteiger partial charge < -0.3 is 19.5 Å². The highest BCUT2D eigenvalue weighted by Gasteiger charge is 2.45. The molecule has 0 spiro atoms. The summed E-state index contributed by atoms with van der Waals surface area (Å²) in [5, 5.41) is 11.2. The van der Waals surface area contributed by atoms with Gasteiger partial charge in [0.25, 0.3) is 11.7 Å². The van der Waals surface area contributed by atoms with Crippen LogP contribution in [0.15, 0.2) is 48.0 Å². The number of aliphatic hydroxyl groups excluding tert-OH is 1. The number of carbonyl (C=O) groups excluding carboxylic acids is 2. The third-order valence-electron chi connectivity index (χ3n) is 5.69. The van der Waals surface area contributed by atoms with E-state index in [1.165, 1.54) is 4.90 Å². The molecule has 1 atom stereocenters. The van der Waals surface area contributed by atoms with Crippen molar-refractivity contribution in [3.63, 3.8) is 0 Å². The minimum absolute atomic E-state index is 0.0944. The van der Waals surface area contributed by atoms with Crippen LogP contribution in [0.25, 0.3) is 5.76 Å². The van der Waals surface area contributed by atoms with Crippen LogP contribution in [0.5, 0.6) is 5.75 Å². The number of aliphatic hydroxyl groups is 1. The molecule has 1 aliphatic rings. The van der Waals surface area contributed by atoms with E-state index >= 15 is 0 Å². The molecule has 2 aromatic rings. The Hall–Kier alpha value is -3.12. The van der Waals surface area contributed by atoms with E-state index in [4.69, 9.17) is 9.47 Å². The Bertz CT molecular complexity index is 1010. The number of methoxy groups -OCH3 is 1. The third-order valence-corrected chi connectivity index (χ3v) is 5.69. The van der Waals surface area contributed by atoms with Gasteiger partial charge in [-0.05, 0) is 54.7 Å². The molecule has 1 heterocycles. The van der Waals surface area contributed by atoms with E-state index in [0.717, 1.165) is 35.3 Å². The van der Waals surface area contributed by atoms with Crippen LogP contribution in [0.3, 0.4) is 0 Å². The van der Waals surface area contributed by atoms with Gasteiger partial charge in [0.2, 0.25) is 0 Å². The first-order valence-electron chi connectivity index (χ1n) is 11.0. The number of likely N-dealkylation sites (tertiary alicyclic amines) is 1. The zero-order chi connectivity index (χ0) is 23.3. The number of rotatable bonds is 9. The van der Waals surface area contributed by atoms with Crippen LogP contribution < -0.4 is 4.74 Å². The first-order chi connectivity index (χ1) is 15.4. The topological polar surface area (TPSA) is 76.1 Å². The smallest absolute Gasteiger partial charge is 0.295 e. The number of hydrogen-bond donors (Lipinski definition) is 1. The summed E-state index contributed by atoms with van der Waals surface area (Å²) < 4.78 is 10.9. The molecule has 1 amide bonds. The van der Waals surface area contributed by atoms with Crippen molar-refractivity contribution in [1.82, 2.24) is 4.90 Å². The normalized spacial score (nSPS) is 17.8. The van der Waals surface area contributed by atoms with Crippen molar-refractivity contribution in [2.24, 2.45) is 0 Å². The van der Waals surface area contributed by atoms with E-state index in [-0.39, 0.29) is 17.9 Å². The van der Waals surface area contributed by atoms with E-state index in [1.54, 1.807) is 25.3 Å². The summed E-state index contributed by atoms with van der Waals surface area (Å²) >= 11 is 0. The van der Waals surface area contributed by atoms with Crippen molar-refractivity contribution in [3.05, 3.63) is 70.3 Å². The summed E-state index contributed by atoms with van der Waals surface area (Å²) in [5.41, 5.74) is 3.35. The molecule has 32 heavy (non-hydrogen) atoms. The zero-order valence-corrected chi connectivity index (χ0v) is 19.2. The number of benzene rings is 2. The monoisotopic (exact) mass is 437 g/mol. The molecule has 0 radical (unpaired) electrons. The molecule has 0 saturated carbocycles. The van der Waals surface area contributed by atoms with Gasteiger partial charge in [-0.1, -0.05) is 38.1 Å². The number of aryl methyl sites for hydroxylation is 2. The molecule has 170 valence electrons. The maximum atomic E-state index is 13.0. The van der Waals surface area contributed by atoms with Gasteiger partial charge in [-0.2, -0.15) is 0 Å². The average Bonchev–Trinajstić information content (AvgIpc) is 3.06. The summed E-state index contributed by atoms with van der Waals surface area (Å²) in [6.07, 6.45) is 1.78. The van der Waals surface area contributed by atoms with E-state index in [1.807, 2.05) is 38.1 Å². The van der Waals surface area contributed by atoms with Crippen molar-refractivity contribution in [2.45, 2.75) is 39.7 Å². The van der Waals surface area contributed by atoms with E-state index < -0.39 is 17.7 Å². The molecule has 0 aliphatic carbocycles. The minimum atomic E-state index is -0.688. The highest BCUT2D eigenvalue weighted by atomic mass is 16.5. The fourth-order valence-electron chi connectivity index (χ4n) is 3.91. The second-order valence-electron chi connectivity index (χ2n) is 7.91. The van der Waals surface area contributed by atoms with Gasteiger partial charge in [0.15, 0.2) is 0 Å². The van der Waals surface area contributed by atoms with Gasteiger partial charge in [-0.15, -0.1) is 0 Å². The van der Waals surface area contributed by atoms with Gasteiger partial charge >= 0.3 is 0 Å². The first kappa shape index (κ1) is 23.5. The van der Waals surface area contributed by atoms with Gasteiger partial charge in [0.1, 0.15) is 11.5 Å². The molecule has 1 unspecified atom stereocenters. The highest BCUT2D eigenvalue weighted by molar-refractivity contribution is 6.46. The molecule has 6 nitrogen and oxygen atoms in total. The summed E-state index contributed by atoms with van der Waals surface area (Å²) in [5.74, 6) is -0.770. The maximum absolute atomic E-state index is 13.0. The number of Topliss-reactive ketones (excluding diaryl/α,β-unsaturated/α-hetero) is 1. The zero-order valence-electron chi connectivity index (χ0n) is 19.2. The number of amides is 1. The molecule has 2 aromatic carbocycles. The van der Waals surface area contributed by atoms with Crippen molar-refractivity contribution >= 4 is 17.4 Å². The van der Waals surface area contributed by atoms with Crippen molar-refractivity contribution < 1.29 is 24.2 Å². The van der Waals surface area contributed by atoms with Crippen LogP contribution in [-0.4, -0.2) is 48.6 Å². The lowest BCUT2D eigenvalue weighted by atomic mass is 9.94. The number of carbonyl (C=O) groups is 2. The first-order valence-corrected chi connectivity index (χ1v) is 11.0. The van der Waals surface area contributed by atoms with Crippen LogP contribution in [-0.2, 0) is 20.7 Å². The van der Waals surface area contributed by atoms with E-state index in [9.17, 15) is 14.7 Å². The summed E-state index contributed by atoms with van der Waals surface area (Å²) in [4.78, 5) is 27.4. The maximum Gasteiger partial charge on any atom is 0.295 e. The summed E-state index contributed by atoms with van der Waals surface area (Å²) in [6.45, 7) is 7.13. The Kier molecular flexibility index (Phi) is 7.70. The number of nitrogens with zero attached hydrogens (tertiary/aromatic N) is 1. The second kappa shape index (κ2) is 10.5. The fourth-order valence-corrected chi connectivity index (χ4v) is 3.91. The number of ether oxygens (including phenoxy) is 2. The minimum Gasteiger partial charge on any atom is -0.507 e. The van der Waals surface area contributed by atoms with Crippen LogP contribution >= 0.6 is 0 Å². The molecule has 1 fully saturated rings. The van der Waals surface area contributed by atoms with Gasteiger partial charge in [0.05, 0.1) is 24.8 Å². The third kappa shape index (κ3) is 4.70. The largest absolute Gasteiger partial charge is 0.507 e. The number of ketones is 1. The molecular formula is C26H31NO5. The average molecular weight is 438 g/mol. The Labute approximate surface area is 189 Å². The lowest BCUT2D eigenvalue weighted by Gasteiger charge is -2.25. The lowest BCUT2D eigenvalue weighted by Crippen LogP contribution is -2.32. The number of hydrogen-bond acceptors (Lipinski definition) is 5. The lowest BCUT2D eigenvalue weighted by molar-refractivity contribution is -0.140. The quantitative estimate of drug-likeness (QED) is 0.357. The summed E-state index contributed by atoms with van der Waals surface area (Å²) in [6, 6.07) is 12.4. The Morgan fingerprint density at radius 3 is 2.38 bits per heavy atom. The fraction of sp³-hybridized carbons (Fsp3) is 0.385. The van der Waals surface area contributed by atoms with Crippen LogP contribution in [0.2, 0.25) is 0 Å². The predicted octanol–water partition coefficient (Wildman–Crippen LogP) is 4.41. The van der Waals surface area contributed by atoms with Crippen molar-refractivity contribution in [3.8, 4) is 5.75 Å². The second-order valence-corrected chi connectivity index (χ2v) is 7.91. The van der Waals surface area contributed by atoms with Crippen LogP contribution in [0.4, 0.5) is 0 Å². The van der Waals surface area contributed by atoms with Gasteiger partial charge in [0, 0.05) is 19.2 Å². The molecule has 0 aromatic heterocycles. The van der Waals surface area contributed by atoms with Crippen molar-refractivity contribution in [1.29, 1.82) is 0 Å². The SMILES string of the molecule is CCCOc1ccc(/C(O)=C2/C(=O)C(=O)N(CCOC)C2c2ccc(CC)cc2)cc1C. The molecule has 1 N–H and O–H groups in total. The van der Waals surface area contributed by atoms with Crippen LogP contribution in [0.1, 0.15) is 48.6 Å². The van der Waals surface area contributed by atoms with Crippen molar-refractivity contribution in [2.75, 3.05) is 26.9 Å². The molecule has 3 rings (SSSR count). The van der Waals surface area contributed by atoms with E-state index in [0.29, 0.717) is 18.8 Å². The summed E-state index contributed by atoms with van der Waals surface area (Å²) in [7, 11) is 1.55. The highest BCUT2D eigenvalue weighted by Crippen LogP contribution is 2.39.